The molecule has 0 radical (unpaired) electrons. The Balaban J connectivity index is 1.59. The van der Waals surface area contributed by atoms with Gasteiger partial charge in [0.15, 0.2) is 6.10 Å². The molecule has 41 heavy (non-hydrogen) atoms. The number of fused-ring (bicyclic) bond motifs is 3. The SMILES string of the molecule is C=C1C2CC3C(C(C)C)C(C(=Cc4ccccc4)S(=O)(=O)O)CC3(C)CC2C(C)=CCC2C(C)OC(=O)C(O)C12O. The maximum Gasteiger partial charge on any atom is 0.338 e. The first-order valence-electron chi connectivity index (χ1n) is 14.8. The summed E-state index contributed by atoms with van der Waals surface area (Å²) in [5.41, 5.74) is 0.322. The first-order chi connectivity index (χ1) is 19.1. The Bertz CT molecular complexity index is 1380. The number of cyclic esters (lactones) is 1. The van der Waals surface area contributed by atoms with E-state index >= 15 is 0 Å². The van der Waals surface area contributed by atoms with Gasteiger partial charge >= 0.3 is 5.97 Å². The van der Waals surface area contributed by atoms with Gasteiger partial charge < -0.3 is 14.9 Å². The van der Waals surface area contributed by atoms with Gasteiger partial charge in [-0.1, -0.05) is 69.3 Å². The van der Waals surface area contributed by atoms with Crippen molar-refractivity contribution in [2.24, 2.45) is 46.8 Å². The Labute approximate surface area is 244 Å². The third kappa shape index (κ3) is 4.94. The highest BCUT2D eigenvalue weighted by atomic mass is 32.2. The molecule has 1 heterocycles. The molecule has 1 aromatic rings. The zero-order valence-electron chi connectivity index (χ0n) is 24.7. The number of benzene rings is 1. The first kappa shape index (κ1) is 30.2. The molecular weight excluding hydrogens is 540 g/mol. The van der Waals surface area contributed by atoms with E-state index in [-0.39, 0.29) is 45.8 Å². The number of esters is 1. The molecule has 3 aliphatic carbocycles. The lowest BCUT2D eigenvalue weighted by Crippen LogP contribution is -2.63. The molecule has 0 bridgehead atoms. The molecule has 10 atom stereocenters. The lowest BCUT2D eigenvalue weighted by Gasteiger charge is -2.54. The lowest BCUT2D eigenvalue weighted by molar-refractivity contribution is -0.209. The number of ether oxygens (including phenoxy) is 1. The standard InChI is InChI=1S/C33H44O7S/c1-18(2)29-25(28(41(37,38)39)14-22-10-8-7-9-11-22)17-32(6)16-24-19(3)12-13-26-21(5)40-31(35)30(34)33(26,36)20(4)23(24)15-27(29)32/h7-12,14,18,21,23-27,29-30,34,36H,4,13,15-17H2,1-3,5-6H3,(H,37,38,39). The molecule has 1 saturated heterocycles. The van der Waals surface area contributed by atoms with Crippen molar-refractivity contribution >= 4 is 22.2 Å². The zero-order chi connectivity index (χ0) is 30.1. The van der Waals surface area contributed by atoms with Crippen LogP contribution in [0.2, 0.25) is 0 Å². The molecule has 1 aliphatic heterocycles. The monoisotopic (exact) mass is 584 g/mol. The fourth-order valence-electron chi connectivity index (χ4n) is 9.08. The van der Waals surface area contributed by atoms with Crippen LogP contribution < -0.4 is 0 Å². The lowest BCUT2D eigenvalue weighted by atomic mass is 9.53. The van der Waals surface area contributed by atoms with Gasteiger partial charge in [-0.15, -0.1) is 0 Å². The van der Waals surface area contributed by atoms with Crippen molar-refractivity contribution in [2.75, 3.05) is 0 Å². The fraction of sp³-hybridized carbons (Fsp3) is 0.606. The minimum Gasteiger partial charge on any atom is -0.460 e. The molecular formula is C33H44O7S. The van der Waals surface area contributed by atoms with Crippen LogP contribution in [0.3, 0.4) is 0 Å². The summed E-state index contributed by atoms with van der Waals surface area (Å²) in [6.45, 7) is 14.7. The summed E-state index contributed by atoms with van der Waals surface area (Å²) in [5.74, 6) is -1.78. The highest BCUT2D eigenvalue weighted by Gasteiger charge is 2.62. The van der Waals surface area contributed by atoms with Gasteiger partial charge in [0, 0.05) is 11.8 Å². The minimum absolute atomic E-state index is 0.0213. The number of aliphatic hydroxyl groups excluding tert-OH is 1. The van der Waals surface area contributed by atoms with Gasteiger partial charge in [0.2, 0.25) is 0 Å². The molecule has 1 aromatic carbocycles. The molecule has 0 amide bonds. The summed E-state index contributed by atoms with van der Waals surface area (Å²) < 4.78 is 41.7. The summed E-state index contributed by atoms with van der Waals surface area (Å²) in [6, 6.07) is 9.21. The molecule has 0 aromatic heterocycles. The van der Waals surface area contributed by atoms with Crippen molar-refractivity contribution in [3.63, 3.8) is 0 Å². The summed E-state index contributed by atoms with van der Waals surface area (Å²) >= 11 is 0. The predicted octanol–water partition coefficient (Wildman–Crippen LogP) is 5.42. The number of aliphatic hydroxyl groups is 2. The predicted molar refractivity (Wildman–Crippen MR) is 158 cm³/mol. The van der Waals surface area contributed by atoms with Crippen LogP contribution in [0.1, 0.15) is 65.9 Å². The second kappa shape index (κ2) is 10.5. The Kier molecular flexibility index (Phi) is 7.72. The summed E-state index contributed by atoms with van der Waals surface area (Å²) in [5, 5.41) is 23.1. The van der Waals surface area contributed by atoms with E-state index in [1.807, 2.05) is 30.3 Å². The Morgan fingerprint density at radius 1 is 1.15 bits per heavy atom. The van der Waals surface area contributed by atoms with E-state index < -0.39 is 39.8 Å². The summed E-state index contributed by atoms with van der Waals surface area (Å²) in [6.07, 6.45) is 3.88. The van der Waals surface area contributed by atoms with Crippen molar-refractivity contribution in [1.82, 2.24) is 0 Å². The quantitative estimate of drug-likeness (QED) is 0.246. The molecule has 10 unspecified atom stereocenters. The van der Waals surface area contributed by atoms with Crippen molar-refractivity contribution in [1.29, 1.82) is 0 Å². The van der Waals surface area contributed by atoms with Gasteiger partial charge in [-0.2, -0.15) is 8.42 Å². The van der Waals surface area contributed by atoms with Gasteiger partial charge in [-0.25, -0.2) is 4.79 Å². The van der Waals surface area contributed by atoms with Crippen molar-refractivity contribution in [3.05, 3.63) is 64.6 Å². The largest absolute Gasteiger partial charge is 0.460 e. The van der Waals surface area contributed by atoms with Crippen LogP contribution >= 0.6 is 0 Å². The third-order valence-corrected chi connectivity index (χ3v) is 12.1. The fourth-order valence-corrected chi connectivity index (χ4v) is 9.99. The van der Waals surface area contributed by atoms with Crippen LogP contribution in [0.5, 0.6) is 0 Å². The number of hydrogen-bond acceptors (Lipinski definition) is 6. The average molecular weight is 585 g/mol. The highest BCUT2D eigenvalue weighted by Crippen LogP contribution is 2.66. The van der Waals surface area contributed by atoms with Crippen LogP contribution in [0.15, 0.2) is 59.0 Å². The molecule has 0 spiro atoms. The molecule has 224 valence electrons. The molecule has 3 fully saturated rings. The van der Waals surface area contributed by atoms with E-state index in [2.05, 4.69) is 40.3 Å². The number of allylic oxidation sites excluding steroid dienone is 3. The third-order valence-electron chi connectivity index (χ3n) is 11.0. The molecule has 5 rings (SSSR count). The van der Waals surface area contributed by atoms with Crippen LogP contribution in [0.4, 0.5) is 0 Å². The zero-order valence-corrected chi connectivity index (χ0v) is 25.5. The summed E-state index contributed by atoms with van der Waals surface area (Å²) in [4.78, 5) is 12.6. The van der Waals surface area contributed by atoms with E-state index in [1.165, 1.54) is 5.57 Å². The molecule has 8 heteroatoms. The second-order valence-corrected chi connectivity index (χ2v) is 15.1. The van der Waals surface area contributed by atoms with Crippen LogP contribution in [-0.4, -0.2) is 47.0 Å². The smallest absolute Gasteiger partial charge is 0.338 e. The minimum atomic E-state index is -4.48. The normalized spacial score (nSPS) is 41.5. The maximum atomic E-state index is 12.9. The van der Waals surface area contributed by atoms with Gasteiger partial charge in [-0.05, 0) is 91.7 Å². The Hall–Kier alpha value is -2.26. The number of carbonyl (C=O) groups is 1. The van der Waals surface area contributed by atoms with Crippen molar-refractivity contribution in [2.45, 2.75) is 78.1 Å². The first-order valence-corrected chi connectivity index (χ1v) is 16.2. The van der Waals surface area contributed by atoms with E-state index in [0.717, 1.165) is 12.0 Å². The van der Waals surface area contributed by atoms with Gasteiger partial charge in [-0.3, -0.25) is 4.55 Å². The number of carbonyl (C=O) groups excluding carboxylic acids is 1. The average Bonchev–Trinajstić information content (AvgIpc) is 3.20. The molecule has 7 nitrogen and oxygen atoms in total. The van der Waals surface area contributed by atoms with E-state index in [9.17, 15) is 28.0 Å². The second-order valence-electron chi connectivity index (χ2n) is 13.7. The summed E-state index contributed by atoms with van der Waals surface area (Å²) in [7, 11) is -4.48. The number of hydrogen-bond donors (Lipinski definition) is 3. The van der Waals surface area contributed by atoms with E-state index in [1.54, 1.807) is 13.0 Å². The molecule has 2 saturated carbocycles. The van der Waals surface area contributed by atoms with Gasteiger partial charge in [0.1, 0.15) is 11.7 Å². The maximum absolute atomic E-state index is 12.9. The van der Waals surface area contributed by atoms with Crippen LogP contribution in [-0.2, 0) is 19.6 Å². The van der Waals surface area contributed by atoms with E-state index in [0.29, 0.717) is 24.8 Å². The van der Waals surface area contributed by atoms with Crippen LogP contribution in [0, 0.1) is 46.8 Å². The van der Waals surface area contributed by atoms with Gasteiger partial charge in [0.05, 0.1) is 4.91 Å². The number of rotatable bonds is 4. The van der Waals surface area contributed by atoms with Crippen molar-refractivity contribution < 1.29 is 32.7 Å². The van der Waals surface area contributed by atoms with E-state index in [4.69, 9.17) is 4.74 Å². The van der Waals surface area contributed by atoms with Crippen LogP contribution in [0.25, 0.3) is 6.08 Å². The molecule has 3 N–H and O–H groups in total. The Morgan fingerprint density at radius 3 is 2.41 bits per heavy atom. The topological polar surface area (TPSA) is 121 Å². The van der Waals surface area contributed by atoms with Crippen molar-refractivity contribution in [3.8, 4) is 0 Å². The highest BCUT2D eigenvalue weighted by molar-refractivity contribution is 7.90. The van der Waals surface area contributed by atoms with Gasteiger partial charge in [0.25, 0.3) is 10.1 Å². The Morgan fingerprint density at radius 2 is 1.80 bits per heavy atom. The molecule has 4 aliphatic rings.